The Balaban J connectivity index is 2.04. The second-order valence-electron chi connectivity index (χ2n) is 5.71. The van der Waals surface area contributed by atoms with E-state index < -0.39 is 10.8 Å². The Bertz CT molecular complexity index is 1070. The lowest BCUT2D eigenvalue weighted by atomic mass is 10.1. The van der Waals surface area contributed by atoms with E-state index in [0.717, 1.165) is 5.52 Å². The zero-order valence-corrected chi connectivity index (χ0v) is 13.6. The SMILES string of the molecule is Cc1ccc([N+](=O)[O-])cc1NC(=O)c1cn(C)c2ccccc2c1=O. The summed E-state index contributed by atoms with van der Waals surface area (Å²) in [5, 5.41) is 13.9. The van der Waals surface area contributed by atoms with Crippen LogP contribution in [0.3, 0.4) is 0 Å². The van der Waals surface area contributed by atoms with E-state index in [9.17, 15) is 19.7 Å². The average molecular weight is 337 g/mol. The number of anilines is 1. The Labute approximate surface area is 142 Å². The molecular formula is C18H15N3O4. The molecule has 1 aromatic heterocycles. The lowest BCUT2D eigenvalue weighted by molar-refractivity contribution is -0.384. The van der Waals surface area contributed by atoms with Gasteiger partial charge in [-0.15, -0.1) is 0 Å². The first kappa shape index (κ1) is 16.4. The van der Waals surface area contributed by atoms with Crippen LogP contribution in [0.5, 0.6) is 0 Å². The Kier molecular flexibility index (Phi) is 4.06. The third-order valence-corrected chi connectivity index (χ3v) is 4.02. The summed E-state index contributed by atoms with van der Waals surface area (Å²) in [7, 11) is 1.75. The number of pyridine rings is 1. The summed E-state index contributed by atoms with van der Waals surface area (Å²) in [6, 6.07) is 11.2. The van der Waals surface area contributed by atoms with Gasteiger partial charge in [-0.25, -0.2) is 0 Å². The van der Waals surface area contributed by atoms with Crippen LogP contribution < -0.4 is 10.7 Å². The molecule has 0 saturated carbocycles. The molecule has 0 aliphatic heterocycles. The summed E-state index contributed by atoms with van der Waals surface area (Å²) in [5.74, 6) is -0.602. The number of benzene rings is 2. The van der Waals surface area contributed by atoms with Gasteiger partial charge in [0.1, 0.15) is 5.56 Å². The minimum Gasteiger partial charge on any atom is -0.350 e. The van der Waals surface area contributed by atoms with Crippen LogP contribution in [0.2, 0.25) is 0 Å². The highest BCUT2D eigenvalue weighted by Gasteiger charge is 2.17. The third kappa shape index (κ3) is 2.99. The van der Waals surface area contributed by atoms with Gasteiger partial charge in [0.05, 0.1) is 16.1 Å². The number of non-ortho nitro benzene ring substituents is 1. The molecule has 7 heteroatoms. The first-order chi connectivity index (χ1) is 11.9. The standard InChI is InChI=1S/C18H15N3O4/c1-11-7-8-12(21(24)25)9-15(11)19-18(23)14-10-20(2)16-6-4-3-5-13(16)17(14)22/h3-10H,1-2H3,(H,19,23). The number of nitro groups is 1. The maximum Gasteiger partial charge on any atom is 0.271 e. The Morgan fingerprint density at radius 2 is 1.92 bits per heavy atom. The second kappa shape index (κ2) is 6.20. The summed E-state index contributed by atoms with van der Waals surface area (Å²) in [6.45, 7) is 1.72. The number of carbonyl (C=O) groups excluding carboxylic acids is 1. The van der Waals surface area contributed by atoms with Crippen LogP contribution in [0.25, 0.3) is 10.9 Å². The van der Waals surface area contributed by atoms with Crippen molar-refractivity contribution in [3.63, 3.8) is 0 Å². The molecule has 1 N–H and O–H groups in total. The summed E-state index contributed by atoms with van der Waals surface area (Å²) in [5.41, 5.74) is 1.15. The molecule has 25 heavy (non-hydrogen) atoms. The zero-order valence-electron chi connectivity index (χ0n) is 13.6. The maximum absolute atomic E-state index is 12.6. The number of para-hydroxylation sites is 1. The maximum atomic E-state index is 12.6. The molecule has 1 amide bonds. The number of hydrogen-bond acceptors (Lipinski definition) is 4. The van der Waals surface area contributed by atoms with Gasteiger partial charge in [0.25, 0.3) is 11.6 Å². The van der Waals surface area contributed by atoms with Gasteiger partial charge in [0, 0.05) is 30.8 Å². The minimum absolute atomic E-state index is 0.0212. The van der Waals surface area contributed by atoms with Crippen LogP contribution in [0.4, 0.5) is 11.4 Å². The fraction of sp³-hybridized carbons (Fsp3) is 0.111. The second-order valence-corrected chi connectivity index (χ2v) is 5.71. The summed E-state index contributed by atoms with van der Waals surface area (Å²) >= 11 is 0. The topological polar surface area (TPSA) is 94.2 Å². The molecule has 0 saturated heterocycles. The smallest absolute Gasteiger partial charge is 0.271 e. The van der Waals surface area contributed by atoms with E-state index >= 15 is 0 Å². The van der Waals surface area contributed by atoms with Gasteiger partial charge in [0.2, 0.25) is 5.43 Å². The summed E-state index contributed by atoms with van der Waals surface area (Å²) in [4.78, 5) is 35.5. The first-order valence-corrected chi connectivity index (χ1v) is 7.53. The van der Waals surface area contributed by atoms with Crippen molar-refractivity contribution < 1.29 is 9.72 Å². The lowest BCUT2D eigenvalue weighted by Crippen LogP contribution is -2.23. The van der Waals surface area contributed by atoms with E-state index in [4.69, 9.17) is 0 Å². The van der Waals surface area contributed by atoms with Crippen molar-refractivity contribution in [1.29, 1.82) is 0 Å². The highest BCUT2D eigenvalue weighted by atomic mass is 16.6. The molecule has 0 radical (unpaired) electrons. The lowest BCUT2D eigenvalue weighted by Gasteiger charge is -2.11. The van der Waals surface area contributed by atoms with Crippen molar-refractivity contribution >= 4 is 28.2 Å². The molecule has 126 valence electrons. The molecule has 0 unspecified atom stereocenters. The number of amides is 1. The number of aryl methyl sites for hydroxylation is 2. The van der Waals surface area contributed by atoms with Gasteiger partial charge >= 0.3 is 0 Å². The fourth-order valence-electron chi connectivity index (χ4n) is 2.65. The zero-order chi connectivity index (χ0) is 18.1. The van der Waals surface area contributed by atoms with Gasteiger partial charge < -0.3 is 9.88 Å². The minimum atomic E-state index is -0.602. The van der Waals surface area contributed by atoms with Gasteiger partial charge in [-0.2, -0.15) is 0 Å². The van der Waals surface area contributed by atoms with Crippen LogP contribution in [0.15, 0.2) is 53.5 Å². The Morgan fingerprint density at radius 3 is 2.64 bits per heavy atom. The van der Waals surface area contributed by atoms with E-state index in [-0.39, 0.29) is 16.7 Å². The van der Waals surface area contributed by atoms with Crippen LogP contribution in [-0.4, -0.2) is 15.4 Å². The molecule has 3 rings (SSSR count). The predicted octanol–water partition coefficient (Wildman–Crippen LogP) is 3.01. The molecule has 0 aliphatic carbocycles. The van der Waals surface area contributed by atoms with E-state index in [2.05, 4.69) is 5.32 Å². The van der Waals surface area contributed by atoms with E-state index in [1.54, 1.807) is 42.8 Å². The molecule has 7 nitrogen and oxygen atoms in total. The fourth-order valence-corrected chi connectivity index (χ4v) is 2.65. The quantitative estimate of drug-likeness (QED) is 0.587. The van der Waals surface area contributed by atoms with Crippen LogP contribution in [0.1, 0.15) is 15.9 Å². The van der Waals surface area contributed by atoms with Crippen molar-refractivity contribution in [3.8, 4) is 0 Å². The molecular weight excluding hydrogens is 322 g/mol. The monoisotopic (exact) mass is 337 g/mol. The molecule has 0 bridgehead atoms. The number of carbonyl (C=O) groups is 1. The number of aromatic nitrogens is 1. The number of fused-ring (bicyclic) bond motifs is 1. The van der Waals surface area contributed by atoms with Crippen molar-refractivity contribution in [3.05, 3.63) is 80.1 Å². The summed E-state index contributed by atoms with van der Waals surface area (Å²) < 4.78 is 1.70. The van der Waals surface area contributed by atoms with Gasteiger partial charge in [-0.3, -0.25) is 19.7 Å². The van der Waals surface area contributed by atoms with Crippen molar-refractivity contribution in [2.45, 2.75) is 6.92 Å². The van der Waals surface area contributed by atoms with Crippen molar-refractivity contribution in [1.82, 2.24) is 4.57 Å². The van der Waals surface area contributed by atoms with E-state index in [1.807, 2.05) is 6.07 Å². The van der Waals surface area contributed by atoms with Crippen LogP contribution >= 0.6 is 0 Å². The number of rotatable bonds is 3. The van der Waals surface area contributed by atoms with E-state index in [0.29, 0.717) is 16.6 Å². The first-order valence-electron chi connectivity index (χ1n) is 7.53. The molecule has 2 aromatic carbocycles. The molecule has 0 spiro atoms. The molecule has 0 aliphatic rings. The van der Waals surface area contributed by atoms with Crippen LogP contribution in [-0.2, 0) is 7.05 Å². The summed E-state index contributed by atoms with van der Waals surface area (Å²) in [6.07, 6.45) is 1.46. The number of nitro benzene ring substituents is 1. The van der Waals surface area contributed by atoms with E-state index in [1.165, 1.54) is 18.3 Å². The van der Waals surface area contributed by atoms with Gasteiger partial charge in [0.15, 0.2) is 0 Å². The molecule has 0 atom stereocenters. The number of nitrogens with zero attached hydrogens (tertiary/aromatic N) is 2. The normalized spacial score (nSPS) is 10.6. The Hall–Kier alpha value is -3.48. The predicted molar refractivity (Wildman–Crippen MR) is 95.0 cm³/mol. The van der Waals surface area contributed by atoms with Gasteiger partial charge in [-0.05, 0) is 24.6 Å². The van der Waals surface area contributed by atoms with Crippen LogP contribution in [0, 0.1) is 17.0 Å². The highest BCUT2D eigenvalue weighted by molar-refractivity contribution is 6.06. The van der Waals surface area contributed by atoms with Gasteiger partial charge in [-0.1, -0.05) is 18.2 Å². The molecule has 1 heterocycles. The largest absolute Gasteiger partial charge is 0.350 e. The highest BCUT2D eigenvalue weighted by Crippen LogP contribution is 2.22. The third-order valence-electron chi connectivity index (χ3n) is 4.02. The number of hydrogen-bond donors (Lipinski definition) is 1. The van der Waals surface area contributed by atoms with Crippen molar-refractivity contribution in [2.24, 2.45) is 7.05 Å². The average Bonchev–Trinajstić information content (AvgIpc) is 2.59. The van der Waals surface area contributed by atoms with Crippen molar-refractivity contribution in [2.75, 3.05) is 5.32 Å². The molecule has 0 fully saturated rings. The molecule has 3 aromatic rings. The number of nitrogens with one attached hydrogen (secondary N) is 1. The Morgan fingerprint density at radius 1 is 1.20 bits per heavy atom.